The standard InChI is InChI=1S/C13H22N2O3/c1-3-5-15-10-13(18)12(17)8-11(15)9-14(4-2)6-7-16/h8,10,16,18H,3-7,9H2,1-2H3. The molecular formula is C13H22N2O3. The molecule has 1 aromatic heterocycles. The summed E-state index contributed by atoms with van der Waals surface area (Å²) in [6.45, 7) is 6.92. The molecular weight excluding hydrogens is 232 g/mol. The molecule has 5 nitrogen and oxygen atoms in total. The molecule has 0 saturated heterocycles. The minimum absolute atomic E-state index is 0.101. The molecule has 0 aromatic carbocycles. The lowest BCUT2D eigenvalue weighted by atomic mass is 10.2. The van der Waals surface area contributed by atoms with E-state index in [9.17, 15) is 9.90 Å². The van der Waals surface area contributed by atoms with Gasteiger partial charge in [0.2, 0.25) is 5.43 Å². The van der Waals surface area contributed by atoms with E-state index in [1.807, 2.05) is 18.4 Å². The van der Waals surface area contributed by atoms with Crippen LogP contribution < -0.4 is 5.43 Å². The quantitative estimate of drug-likeness (QED) is 0.754. The predicted molar refractivity (Wildman–Crippen MR) is 70.7 cm³/mol. The van der Waals surface area contributed by atoms with Crippen molar-refractivity contribution in [3.8, 4) is 5.75 Å². The van der Waals surface area contributed by atoms with Gasteiger partial charge in [-0.2, -0.15) is 0 Å². The second-order valence-corrected chi connectivity index (χ2v) is 4.30. The average molecular weight is 254 g/mol. The van der Waals surface area contributed by atoms with Gasteiger partial charge >= 0.3 is 0 Å². The van der Waals surface area contributed by atoms with Gasteiger partial charge in [0.15, 0.2) is 5.75 Å². The molecule has 0 atom stereocenters. The molecule has 0 aliphatic carbocycles. The molecule has 18 heavy (non-hydrogen) atoms. The van der Waals surface area contributed by atoms with Gasteiger partial charge in [-0.1, -0.05) is 13.8 Å². The van der Waals surface area contributed by atoms with Crippen LogP contribution in [0.25, 0.3) is 0 Å². The molecule has 0 amide bonds. The van der Waals surface area contributed by atoms with Crippen molar-refractivity contribution in [1.29, 1.82) is 0 Å². The van der Waals surface area contributed by atoms with E-state index >= 15 is 0 Å². The van der Waals surface area contributed by atoms with E-state index in [0.717, 1.165) is 25.2 Å². The SMILES string of the molecule is CCCn1cc(O)c(=O)cc1CN(CC)CCO. The van der Waals surface area contributed by atoms with Crippen LogP contribution in [-0.4, -0.2) is 39.4 Å². The maximum absolute atomic E-state index is 11.5. The van der Waals surface area contributed by atoms with Crippen LogP contribution in [0.4, 0.5) is 0 Å². The fourth-order valence-corrected chi connectivity index (χ4v) is 1.91. The van der Waals surface area contributed by atoms with Gasteiger partial charge in [-0.25, -0.2) is 0 Å². The highest BCUT2D eigenvalue weighted by Gasteiger charge is 2.09. The number of aliphatic hydroxyl groups is 1. The van der Waals surface area contributed by atoms with Crippen LogP contribution in [0.1, 0.15) is 26.0 Å². The summed E-state index contributed by atoms with van der Waals surface area (Å²) < 4.78 is 1.90. The minimum Gasteiger partial charge on any atom is -0.503 e. The number of pyridine rings is 1. The Balaban J connectivity index is 2.97. The molecule has 0 fully saturated rings. The fraction of sp³-hybridized carbons (Fsp3) is 0.615. The summed E-state index contributed by atoms with van der Waals surface area (Å²) in [6.07, 6.45) is 2.43. The average Bonchev–Trinajstić information content (AvgIpc) is 2.35. The van der Waals surface area contributed by atoms with E-state index in [4.69, 9.17) is 5.11 Å². The van der Waals surface area contributed by atoms with Gasteiger partial charge in [0.1, 0.15) is 0 Å². The van der Waals surface area contributed by atoms with Crippen LogP contribution in [0.15, 0.2) is 17.1 Å². The molecule has 0 spiro atoms. The Kier molecular flexibility index (Phi) is 5.88. The number of hydrogen-bond acceptors (Lipinski definition) is 4. The number of rotatable bonds is 7. The van der Waals surface area contributed by atoms with Crippen LogP contribution in [0.5, 0.6) is 5.75 Å². The molecule has 0 aliphatic rings. The van der Waals surface area contributed by atoms with E-state index < -0.39 is 0 Å². The van der Waals surface area contributed by atoms with Crippen LogP contribution >= 0.6 is 0 Å². The third-order valence-electron chi connectivity index (χ3n) is 2.91. The monoisotopic (exact) mass is 254 g/mol. The van der Waals surface area contributed by atoms with Crippen molar-refractivity contribution < 1.29 is 10.2 Å². The highest BCUT2D eigenvalue weighted by molar-refractivity contribution is 5.20. The summed E-state index contributed by atoms with van der Waals surface area (Å²) in [4.78, 5) is 13.5. The van der Waals surface area contributed by atoms with E-state index in [2.05, 4.69) is 4.90 Å². The van der Waals surface area contributed by atoms with Gasteiger partial charge in [-0.15, -0.1) is 0 Å². The first-order valence-electron chi connectivity index (χ1n) is 6.37. The van der Waals surface area contributed by atoms with Crippen LogP contribution in [0, 0.1) is 0 Å². The normalized spacial score (nSPS) is 11.1. The topological polar surface area (TPSA) is 65.7 Å². The van der Waals surface area contributed by atoms with Gasteiger partial charge < -0.3 is 14.8 Å². The van der Waals surface area contributed by atoms with E-state index in [0.29, 0.717) is 13.1 Å². The molecule has 0 unspecified atom stereocenters. The zero-order valence-electron chi connectivity index (χ0n) is 11.1. The van der Waals surface area contributed by atoms with Crippen LogP contribution in [-0.2, 0) is 13.1 Å². The van der Waals surface area contributed by atoms with Gasteiger partial charge in [-0.05, 0) is 13.0 Å². The molecule has 102 valence electrons. The lowest BCUT2D eigenvalue weighted by Gasteiger charge is -2.22. The Morgan fingerprint density at radius 1 is 1.39 bits per heavy atom. The zero-order valence-corrected chi connectivity index (χ0v) is 11.1. The van der Waals surface area contributed by atoms with Crippen molar-refractivity contribution >= 4 is 0 Å². The Morgan fingerprint density at radius 3 is 2.67 bits per heavy atom. The highest BCUT2D eigenvalue weighted by atomic mass is 16.3. The minimum atomic E-state index is -0.350. The summed E-state index contributed by atoms with van der Waals surface area (Å²) in [7, 11) is 0. The maximum atomic E-state index is 11.5. The third-order valence-corrected chi connectivity index (χ3v) is 2.91. The Bertz CT molecular complexity index is 429. The Morgan fingerprint density at radius 2 is 2.11 bits per heavy atom. The molecule has 2 N–H and O–H groups in total. The molecule has 0 saturated carbocycles. The predicted octanol–water partition coefficient (Wildman–Crippen LogP) is 0.778. The number of hydrogen-bond donors (Lipinski definition) is 2. The molecule has 1 rings (SSSR count). The number of nitrogens with zero attached hydrogens (tertiary/aromatic N) is 2. The van der Waals surface area contributed by atoms with Crippen molar-refractivity contribution in [3.63, 3.8) is 0 Å². The fourth-order valence-electron chi connectivity index (χ4n) is 1.91. The lowest BCUT2D eigenvalue weighted by molar-refractivity contribution is 0.193. The molecule has 1 aromatic rings. The molecule has 0 radical (unpaired) electrons. The van der Waals surface area contributed by atoms with Crippen LogP contribution in [0.3, 0.4) is 0 Å². The second-order valence-electron chi connectivity index (χ2n) is 4.30. The molecule has 1 heterocycles. The first-order chi connectivity index (χ1) is 8.62. The van der Waals surface area contributed by atoms with E-state index in [-0.39, 0.29) is 17.8 Å². The van der Waals surface area contributed by atoms with Crippen molar-refractivity contribution in [1.82, 2.24) is 9.47 Å². The summed E-state index contributed by atoms with van der Waals surface area (Å²) >= 11 is 0. The maximum Gasteiger partial charge on any atom is 0.223 e. The van der Waals surface area contributed by atoms with E-state index in [1.165, 1.54) is 12.3 Å². The second kappa shape index (κ2) is 7.18. The largest absolute Gasteiger partial charge is 0.503 e. The number of aryl methyl sites for hydroxylation is 1. The Labute approximate surface area is 107 Å². The van der Waals surface area contributed by atoms with Gasteiger partial charge in [0, 0.05) is 31.4 Å². The molecule has 0 aliphatic heterocycles. The van der Waals surface area contributed by atoms with Gasteiger partial charge in [-0.3, -0.25) is 9.69 Å². The summed E-state index contributed by atoms with van der Waals surface area (Å²) in [5, 5.41) is 18.4. The highest BCUT2D eigenvalue weighted by Crippen LogP contribution is 2.09. The molecule has 0 bridgehead atoms. The lowest BCUT2D eigenvalue weighted by Crippen LogP contribution is -2.28. The summed E-state index contributed by atoms with van der Waals surface area (Å²) in [5.41, 5.74) is 0.521. The first kappa shape index (κ1) is 14.7. The van der Waals surface area contributed by atoms with Crippen molar-refractivity contribution in [2.75, 3.05) is 19.7 Å². The zero-order chi connectivity index (χ0) is 13.5. The van der Waals surface area contributed by atoms with Gasteiger partial charge in [0.25, 0.3) is 0 Å². The first-order valence-corrected chi connectivity index (χ1v) is 6.37. The van der Waals surface area contributed by atoms with Crippen molar-refractivity contribution in [3.05, 3.63) is 28.2 Å². The third kappa shape index (κ3) is 3.85. The van der Waals surface area contributed by atoms with E-state index in [1.54, 1.807) is 0 Å². The number of aromatic hydroxyl groups is 1. The summed E-state index contributed by atoms with van der Waals surface area (Å²) in [6, 6.07) is 1.48. The van der Waals surface area contributed by atoms with Crippen LogP contribution in [0.2, 0.25) is 0 Å². The Hall–Kier alpha value is -1.33. The number of likely N-dealkylation sites (N-methyl/N-ethyl adjacent to an activating group) is 1. The van der Waals surface area contributed by atoms with Crippen molar-refractivity contribution in [2.45, 2.75) is 33.4 Å². The number of aliphatic hydroxyl groups excluding tert-OH is 1. The summed E-state index contributed by atoms with van der Waals surface area (Å²) in [5.74, 6) is -0.211. The molecule has 5 heteroatoms. The van der Waals surface area contributed by atoms with Crippen molar-refractivity contribution in [2.24, 2.45) is 0 Å². The number of aromatic nitrogens is 1. The smallest absolute Gasteiger partial charge is 0.223 e. The van der Waals surface area contributed by atoms with Gasteiger partial charge in [0.05, 0.1) is 12.8 Å².